The van der Waals surface area contributed by atoms with Gasteiger partial charge in [0.1, 0.15) is 22.3 Å². The van der Waals surface area contributed by atoms with Crippen LogP contribution in [0.25, 0.3) is 110 Å². The predicted octanol–water partition coefficient (Wildman–Crippen LogP) is 13.3. The summed E-state index contributed by atoms with van der Waals surface area (Å²) in [5.74, 6) is 0. The Morgan fingerprint density at radius 2 is 0.885 bits per heavy atom. The standard InChI is InChI=1S/C48H28N2O2/c1-5-16-40-33(12-1)34-13-2-6-17-41(34)49(40)31-11-9-10-29(26-31)30-20-24-46-38(27-30)36-22-23-43-47(48(36)52-46)37-15-3-7-18-42(37)50(43)32-21-25-45-39(28-32)35-14-4-8-19-44(35)51-45/h1-28H. The molecule has 0 N–H and O–H groups in total. The van der Waals surface area contributed by atoms with E-state index in [1.807, 2.05) is 12.1 Å². The summed E-state index contributed by atoms with van der Waals surface area (Å²) >= 11 is 0. The zero-order valence-electron chi connectivity index (χ0n) is 27.9. The maximum Gasteiger partial charge on any atom is 0.145 e. The molecule has 4 nitrogen and oxygen atoms in total. The number of para-hydroxylation sites is 4. The van der Waals surface area contributed by atoms with Gasteiger partial charge in [-0.25, -0.2) is 0 Å². The van der Waals surface area contributed by atoms with Crippen LogP contribution in [0.1, 0.15) is 0 Å². The van der Waals surface area contributed by atoms with Gasteiger partial charge in [0.25, 0.3) is 0 Å². The Labute approximate surface area is 296 Å². The van der Waals surface area contributed by atoms with E-state index in [0.717, 1.165) is 82.8 Å². The van der Waals surface area contributed by atoms with E-state index in [0.29, 0.717) is 0 Å². The number of benzene rings is 8. The third kappa shape index (κ3) is 3.75. The summed E-state index contributed by atoms with van der Waals surface area (Å²) in [6.07, 6.45) is 0. The molecule has 12 aromatic rings. The molecule has 0 fully saturated rings. The quantitative estimate of drug-likeness (QED) is 0.188. The highest BCUT2D eigenvalue weighted by Gasteiger charge is 2.20. The summed E-state index contributed by atoms with van der Waals surface area (Å²) in [4.78, 5) is 0. The van der Waals surface area contributed by atoms with E-state index in [-0.39, 0.29) is 0 Å². The van der Waals surface area contributed by atoms with Gasteiger partial charge in [0.2, 0.25) is 0 Å². The summed E-state index contributed by atoms with van der Waals surface area (Å²) in [6.45, 7) is 0. The third-order valence-electron chi connectivity index (χ3n) is 10.9. The predicted molar refractivity (Wildman–Crippen MR) is 215 cm³/mol. The van der Waals surface area contributed by atoms with Crippen molar-refractivity contribution in [3.8, 4) is 22.5 Å². The molecule has 0 saturated heterocycles. The molecule has 4 aromatic heterocycles. The summed E-state index contributed by atoms with van der Waals surface area (Å²) in [5, 5.41) is 9.27. The van der Waals surface area contributed by atoms with E-state index < -0.39 is 0 Å². The zero-order chi connectivity index (χ0) is 33.9. The molecule has 4 heteroatoms. The van der Waals surface area contributed by atoms with Gasteiger partial charge in [-0.2, -0.15) is 0 Å². The maximum atomic E-state index is 6.78. The monoisotopic (exact) mass is 664 g/mol. The van der Waals surface area contributed by atoms with Crippen LogP contribution in [0.3, 0.4) is 0 Å². The highest BCUT2D eigenvalue weighted by molar-refractivity contribution is 6.24. The molecule has 0 spiro atoms. The minimum absolute atomic E-state index is 0.882. The average molecular weight is 665 g/mol. The van der Waals surface area contributed by atoms with Crippen LogP contribution in [0, 0.1) is 0 Å². The lowest BCUT2D eigenvalue weighted by Gasteiger charge is -2.10. The molecule has 0 aliphatic heterocycles. The number of aromatic nitrogens is 2. The van der Waals surface area contributed by atoms with Crippen molar-refractivity contribution in [2.45, 2.75) is 0 Å². The molecule has 0 amide bonds. The third-order valence-corrected chi connectivity index (χ3v) is 10.9. The molecule has 4 heterocycles. The Bertz CT molecular complexity index is 3370. The fourth-order valence-electron chi connectivity index (χ4n) is 8.62. The molecule has 0 aliphatic rings. The van der Waals surface area contributed by atoms with E-state index in [4.69, 9.17) is 8.83 Å². The highest BCUT2D eigenvalue weighted by atomic mass is 16.3. The van der Waals surface area contributed by atoms with Crippen molar-refractivity contribution in [2.24, 2.45) is 0 Å². The normalized spacial score (nSPS) is 12.2. The number of rotatable bonds is 3. The SMILES string of the molecule is c1cc(-c2ccc3oc4c(ccc5c4c4ccccc4n5-c4ccc5oc6ccccc6c5c4)c3c2)cc(-n2c3ccccc3c3ccccc32)c1. The van der Waals surface area contributed by atoms with Crippen LogP contribution in [0.5, 0.6) is 0 Å². The van der Waals surface area contributed by atoms with Crippen LogP contribution in [0.2, 0.25) is 0 Å². The lowest BCUT2D eigenvalue weighted by atomic mass is 10.0. The number of fused-ring (bicyclic) bond motifs is 13. The first-order chi connectivity index (χ1) is 25.8. The molecule has 0 unspecified atom stereocenters. The van der Waals surface area contributed by atoms with E-state index >= 15 is 0 Å². The molecule has 12 rings (SSSR count). The van der Waals surface area contributed by atoms with Gasteiger partial charge in [0, 0.05) is 49.1 Å². The smallest absolute Gasteiger partial charge is 0.145 e. The van der Waals surface area contributed by atoms with Crippen molar-refractivity contribution in [3.63, 3.8) is 0 Å². The zero-order valence-corrected chi connectivity index (χ0v) is 27.9. The molecule has 242 valence electrons. The molecule has 8 aromatic carbocycles. The first kappa shape index (κ1) is 27.7. The second kappa shape index (κ2) is 10.3. The Morgan fingerprint density at radius 3 is 1.69 bits per heavy atom. The molecular weight excluding hydrogens is 637 g/mol. The van der Waals surface area contributed by atoms with Crippen LogP contribution < -0.4 is 0 Å². The van der Waals surface area contributed by atoms with E-state index in [1.165, 1.54) is 27.2 Å². The fraction of sp³-hybridized carbons (Fsp3) is 0. The van der Waals surface area contributed by atoms with E-state index in [1.54, 1.807) is 0 Å². The summed E-state index contributed by atoms with van der Waals surface area (Å²) in [6, 6.07) is 60.6. The maximum absolute atomic E-state index is 6.78. The number of nitrogens with zero attached hydrogens (tertiary/aromatic N) is 2. The van der Waals surface area contributed by atoms with Crippen molar-refractivity contribution < 1.29 is 8.83 Å². The average Bonchev–Trinajstić information content (AvgIpc) is 3.95. The second-order valence-electron chi connectivity index (χ2n) is 13.7. The molecule has 52 heavy (non-hydrogen) atoms. The van der Waals surface area contributed by atoms with E-state index in [2.05, 4.69) is 167 Å². The van der Waals surface area contributed by atoms with Gasteiger partial charge >= 0.3 is 0 Å². The van der Waals surface area contributed by atoms with Gasteiger partial charge in [-0.3, -0.25) is 0 Å². The van der Waals surface area contributed by atoms with Gasteiger partial charge in [-0.1, -0.05) is 91.0 Å². The van der Waals surface area contributed by atoms with Crippen molar-refractivity contribution in [1.29, 1.82) is 0 Å². The molecule has 0 radical (unpaired) electrons. The Balaban J connectivity index is 1.04. The summed E-state index contributed by atoms with van der Waals surface area (Å²) in [7, 11) is 0. The molecule has 0 atom stereocenters. The topological polar surface area (TPSA) is 36.1 Å². The fourth-order valence-corrected chi connectivity index (χ4v) is 8.62. The van der Waals surface area contributed by atoms with Gasteiger partial charge in [-0.15, -0.1) is 0 Å². The van der Waals surface area contributed by atoms with Crippen molar-refractivity contribution in [1.82, 2.24) is 9.13 Å². The second-order valence-corrected chi connectivity index (χ2v) is 13.7. The largest absolute Gasteiger partial charge is 0.456 e. The Morgan fingerprint density at radius 1 is 0.308 bits per heavy atom. The van der Waals surface area contributed by atoms with Crippen molar-refractivity contribution in [2.75, 3.05) is 0 Å². The van der Waals surface area contributed by atoms with Crippen LogP contribution in [-0.4, -0.2) is 9.13 Å². The lowest BCUT2D eigenvalue weighted by Crippen LogP contribution is -1.94. The Hall–Kier alpha value is -7.04. The van der Waals surface area contributed by atoms with Gasteiger partial charge in [0.05, 0.1) is 27.5 Å². The van der Waals surface area contributed by atoms with Gasteiger partial charge < -0.3 is 18.0 Å². The lowest BCUT2D eigenvalue weighted by molar-refractivity contribution is 0.669. The molecule has 0 aliphatic carbocycles. The number of hydrogen-bond donors (Lipinski definition) is 0. The van der Waals surface area contributed by atoms with E-state index in [9.17, 15) is 0 Å². The minimum atomic E-state index is 0.882. The van der Waals surface area contributed by atoms with Gasteiger partial charge in [0.15, 0.2) is 0 Å². The minimum Gasteiger partial charge on any atom is -0.456 e. The van der Waals surface area contributed by atoms with Crippen LogP contribution in [-0.2, 0) is 0 Å². The summed E-state index contributed by atoms with van der Waals surface area (Å²) in [5.41, 5.74) is 12.8. The molecular formula is C48H28N2O2. The number of furan rings is 2. The first-order valence-electron chi connectivity index (χ1n) is 17.7. The molecule has 0 bridgehead atoms. The first-order valence-corrected chi connectivity index (χ1v) is 17.7. The van der Waals surface area contributed by atoms with Crippen molar-refractivity contribution >= 4 is 87.5 Å². The van der Waals surface area contributed by atoms with Crippen molar-refractivity contribution in [3.05, 3.63) is 170 Å². The van der Waals surface area contributed by atoms with Crippen LogP contribution in [0.15, 0.2) is 179 Å². The van der Waals surface area contributed by atoms with Crippen LogP contribution >= 0.6 is 0 Å². The molecule has 0 saturated carbocycles. The number of hydrogen-bond acceptors (Lipinski definition) is 2. The summed E-state index contributed by atoms with van der Waals surface area (Å²) < 4.78 is 17.7. The van der Waals surface area contributed by atoms with Gasteiger partial charge in [-0.05, 0) is 90.0 Å². The Kier molecular flexibility index (Phi) is 5.47. The highest BCUT2D eigenvalue weighted by Crippen LogP contribution is 2.42. The van der Waals surface area contributed by atoms with Crippen LogP contribution in [0.4, 0.5) is 0 Å².